The van der Waals surface area contributed by atoms with E-state index in [0.717, 1.165) is 17.1 Å². The van der Waals surface area contributed by atoms with E-state index in [1.165, 1.54) is 6.20 Å². The Morgan fingerprint density at radius 3 is 2.82 bits per heavy atom. The van der Waals surface area contributed by atoms with E-state index < -0.39 is 4.92 Å². The smallest absolute Gasteiger partial charge is 0.345 e. The molecule has 8 heteroatoms. The molecule has 1 N–H and O–H groups in total. The predicted octanol–water partition coefficient (Wildman–Crippen LogP) is 2.52. The molecule has 0 aromatic carbocycles. The molecule has 17 heavy (non-hydrogen) atoms. The van der Waals surface area contributed by atoms with Gasteiger partial charge >= 0.3 is 5.00 Å². The van der Waals surface area contributed by atoms with Crippen molar-refractivity contribution in [1.29, 1.82) is 0 Å². The molecule has 2 heterocycles. The molecular weight excluding hydrogens is 244 g/mol. The second-order valence-corrected chi connectivity index (χ2v) is 4.45. The highest BCUT2D eigenvalue weighted by atomic mass is 32.1. The van der Waals surface area contributed by atoms with Crippen LogP contribution in [0.2, 0.25) is 0 Å². The molecule has 2 aromatic heterocycles. The fourth-order valence-corrected chi connectivity index (χ4v) is 1.96. The van der Waals surface area contributed by atoms with Gasteiger partial charge in [-0.05, 0) is 25.2 Å². The van der Waals surface area contributed by atoms with Crippen molar-refractivity contribution in [3.05, 3.63) is 34.2 Å². The van der Waals surface area contributed by atoms with Crippen LogP contribution in [0.25, 0.3) is 0 Å². The zero-order chi connectivity index (χ0) is 12.4. The van der Waals surface area contributed by atoms with Gasteiger partial charge in [0, 0.05) is 0 Å². The first-order chi connectivity index (χ1) is 8.06. The van der Waals surface area contributed by atoms with Gasteiger partial charge in [0.25, 0.3) is 0 Å². The summed E-state index contributed by atoms with van der Waals surface area (Å²) in [6, 6.07) is -0.186. The summed E-state index contributed by atoms with van der Waals surface area (Å²) in [4.78, 5) is 18.0. The van der Waals surface area contributed by atoms with Crippen LogP contribution in [0.15, 0.2) is 16.8 Å². The maximum absolute atomic E-state index is 10.5. The first-order valence-corrected chi connectivity index (χ1v) is 5.67. The molecule has 2 rings (SSSR count). The third kappa shape index (κ3) is 2.59. The van der Waals surface area contributed by atoms with Gasteiger partial charge in [0.2, 0.25) is 5.89 Å². The molecule has 0 amide bonds. The summed E-state index contributed by atoms with van der Waals surface area (Å²) in [6.45, 7) is 3.65. The summed E-state index contributed by atoms with van der Waals surface area (Å²) in [6.07, 6.45) is 2.85. The van der Waals surface area contributed by atoms with Crippen LogP contribution >= 0.6 is 11.3 Å². The number of hydrogen-bond acceptors (Lipinski definition) is 7. The van der Waals surface area contributed by atoms with E-state index in [1.807, 2.05) is 6.92 Å². The van der Waals surface area contributed by atoms with Crippen molar-refractivity contribution >= 4 is 21.5 Å². The monoisotopic (exact) mass is 254 g/mol. The Balaban J connectivity index is 2.07. The number of rotatable bonds is 4. The number of hydrogen-bond donors (Lipinski definition) is 1. The number of nitro groups is 1. The van der Waals surface area contributed by atoms with Crippen LogP contribution in [-0.4, -0.2) is 14.9 Å². The summed E-state index contributed by atoms with van der Waals surface area (Å²) in [5.74, 6) is 1.25. The van der Waals surface area contributed by atoms with Crippen molar-refractivity contribution in [3.8, 4) is 0 Å². The molecule has 1 unspecified atom stereocenters. The highest BCUT2D eigenvalue weighted by Crippen LogP contribution is 2.27. The number of aryl methyl sites for hydroxylation is 1. The highest BCUT2D eigenvalue weighted by Gasteiger charge is 2.16. The third-order valence-electron chi connectivity index (χ3n) is 2.02. The first kappa shape index (κ1) is 11.5. The molecule has 1 atom stereocenters. The lowest BCUT2D eigenvalue weighted by Gasteiger charge is -2.07. The quantitative estimate of drug-likeness (QED) is 0.665. The Bertz CT molecular complexity index is 536. The fraction of sp³-hybridized carbons (Fsp3) is 0.333. The molecule has 0 bridgehead atoms. The molecule has 90 valence electrons. The van der Waals surface area contributed by atoms with E-state index in [2.05, 4.69) is 15.3 Å². The van der Waals surface area contributed by atoms with Crippen LogP contribution in [0.5, 0.6) is 0 Å². The number of anilines is 1. The molecule has 0 aliphatic carbocycles. The number of nitrogens with one attached hydrogen (secondary N) is 1. The van der Waals surface area contributed by atoms with Gasteiger partial charge in [-0.15, -0.1) is 0 Å². The standard InChI is InChI=1S/C9H10N4O3S/c1-5-3-10-8(16-5)6(2)12-9-11-4-7(17-9)13(14)15/h3-4,6H,1-2H3,(H,11,12). The van der Waals surface area contributed by atoms with Crippen LogP contribution in [0.1, 0.15) is 24.6 Å². The van der Waals surface area contributed by atoms with Crippen LogP contribution < -0.4 is 5.32 Å². The zero-order valence-electron chi connectivity index (χ0n) is 9.21. The molecule has 0 radical (unpaired) electrons. The summed E-state index contributed by atoms with van der Waals surface area (Å²) in [7, 11) is 0. The first-order valence-electron chi connectivity index (χ1n) is 4.85. The summed E-state index contributed by atoms with van der Waals surface area (Å²) in [5, 5.41) is 14.0. The fourth-order valence-electron chi connectivity index (χ4n) is 1.24. The van der Waals surface area contributed by atoms with E-state index in [-0.39, 0.29) is 11.0 Å². The van der Waals surface area contributed by atoms with Gasteiger partial charge < -0.3 is 9.73 Å². The molecule has 0 saturated carbocycles. The van der Waals surface area contributed by atoms with Crippen LogP contribution in [-0.2, 0) is 0 Å². The highest BCUT2D eigenvalue weighted by molar-refractivity contribution is 7.18. The minimum absolute atomic E-state index is 0.00304. The Morgan fingerprint density at radius 2 is 2.29 bits per heavy atom. The van der Waals surface area contributed by atoms with Crippen LogP contribution in [0.4, 0.5) is 10.1 Å². The van der Waals surface area contributed by atoms with Gasteiger partial charge in [-0.3, -0.25) is 10.1 Å². The van der Waals surface area contributed by atoms with Crippen molar-refractivity contribution in [1.82, 2.24) is 9.97 Å². The van der Waals surface area contributed by atoms with E-state index >= 15 is 0 Å². The summed E-state index contributed by atoms with van der Waals surface area (Å²) in [5.41, 5.74) is 0. The average Bonchev–Trinajstić information content (AvgIpc) is 2.86. The predicted molar refractivity (Wildman–Crippen MR) is 62.0 cm³/mol. The number of thiazole rings is 1. The Labute approximate surface area is 101 Å². The maximum atomic E-state index is 10.5. The van der Waals surface area contributed by atoms with Crippen molar-refractivity contribution in [2.24, 2.45) is 0 Å². The third-order valence-corrected chi connectivity index (χ3v) is 2.90. The number of oxazole rings is 1. The molecule has 7 nitrogen and oxygen atoms in total. The second kappa shape index (κ2) is 4.50. The van der Waals surface area contributed by atoms with Gasteiger partial charge in [-0.1, -0.05) is 0 Å². The zero-order valence-corrected chi connectivity index (χ0v) is 10.0. The van der Waals surface area contributed by atoms with Crippen molar-refractivity contribution < 1.29 is 9.34 Å². The Morgan fingerprint density at radius 1 is 1.53 bits per heavy atom. The van der Waals surface area contributed by atoms with Crippen LogP contribution in [0, 0.1) is 17.0 Å². The lowest BCUT2D eigenvalue weighted by molar-refractivity contribution is -0.380. The molecule has 0 aliphatic heterocycles. The number of nitrogens with zero attached hydrogens (tertiary/aromatic N) is 3. The summed E-state index contributed by atoms with van der Waals surface area (Å²) >= 11 is 0.980. The molecule has 0 spiro atoms. The van der Waals surface area contributed by atoms with Crippen molar-refractivity contribution in [2.75, 3.05) is 5.32 Å². The Kier molecular flexibility index (Phi) is 3.05. The topological polar surface area (TPSA) is 94.1 Å². The SMILES string of the molecule is Cc1cnc(C(C)Nc2ncc([N+](=O)[O-])s2)o1. The normalized spacial score (nSPS) is 12.4. The molecule has 0 fully saturated rings. The second-order valence-electron chi connectivity index (χ2n) is 3.44. The van der Waals surface area contributed by atoms with Gasteiger partial charge in [0.15, 0.2) is 5.13 Å². The maximum Gasteiger partial charge on any atom is 0.345 e. The molecule has 0 aliphatic rings. The molecule has 2 aromatic rings. The lowest BCUT2D eigenvalue weighted by atomic mass is 10.3. The largest absolute Gasteiger partial charge is 0.444 e. The van der Waals surface area contributed by atoms with Crippen LogP contribution in [0.3, 0.4) is 0 Å². The van der Waals surface area contributed by atoms with E-state index in [9.17, 15) is 10.1 Å². The van der Waals surface area contributed by atoms with Crippen molar-refractivity contribution in [3.63, 3.8) is 0 Å². The minimum Gasteiger partial charge on any atom is -0.444 e. The van der Waals surface area contributed by atoms with Gasteiger partial charge in [0.05, 0.1) is 11.1 Å². The van der Waals surface area contributed by atoms with Gasteiger partial charge in [-0.25, -0.2) is 9.97 Å². The molecular formula is C9H10N4O3S. The van der Waals surface area contributed by atoms with E-state index in [1.54, 1.807) is 13.1 Å². The van der Waals surface area contributed by atoms with Gasteiger partial charge in [0.1, 0.15) is 18.0 Å². The average molecular weight is 254 g/mol. The minimum atomic E-state index is -0.469. The van der Waals surface area contributed by atoms with Crippen molar-refractivity contribution in [2.45, 2.75) is 19.9 Å². The van der Waals surface area contributed by atoms with E-state index in [4.69, 9.17) is 4.42 Å². The lowest BCUT2D eigenvalue weighted by Crippen LogP contribution is -2.06. The van der Waals surface area contributed by atoms with E-state index in [0.29, 0.717) is 11.0 Å². The van der Waals surface area contributed by atoms with Gasteiger partial charge in [-0.2, -0.15) is 0 Å². The Hall–Kier alpha value is -1.96. The number of aromatic nitrogens is 2. The molecule has 0 saturated heterocycles. The summed E-state index contributed by atoms with van der Waals surface area (Å²) < 4.78 is 5.34.